The van der Waals surface area contributed by atoms with Crippen LogP contribution in [0.15, 0.2) is 28.7 Å². The molecule has 2 unspecified atom stereocenters. The fourth-order valence-corrected chi connectivity index (χ4v) is 3.70. The lowest BCUT2D eigenvalue weighted by Crippen LogP contribution is -2.38. The summed E-state index contributed by atoms with van der Waals surface area (Å²) in [5, 5.41) is 2.72. The summed E-state index contributed by atoms with van der Waals surface area (Å²) in [7, 11) is 0. The molecule has 116 valence electrons. The molecule has 0 aromatic heterocycles. The Balaban J connectivity index is 1.66. The van der Waals surface area contributed by atoms with Gasteiger partial charge in [-0.25, -0.2) is 0 Å². The highest BCUT2D eigenvalue weighted by Crippen LogP contribution is 2.37. The Hall–Kier alpha value is -1.69. The second kappa shape index (κ2) is 6.20. The molecule has 22 heavy (non-hydrogen) atoms. The van der Waals surface area contributed by atoms with E-state index < -0.39 is 0 Å². The molecule has 1 N–H and O–H groups in total. The van der Waals surface area contributed by atoms with E-state index in [1.807, 2.05) is 6.07 Å². The summed E-state index contributed by atoms with van der Waals surface area (Å²) in [6.45, 7) is -0.197. The van der Waals surface area contributed by atoms with Crippen molar-refractivity contribution in [3.8, 4) is 0 Å². The molecule has 3 rings (SSSR count). The first-order valence-corrected chi connectivity index (χ1v) is 8.26. The number of anilines is 1. The van der Waals surface area contributed by atoms with Crippen molar-refractivity contribution >= 4 is 39.3 Å². The number of rotatable bonds is 3. The normalized spacial score (nSPS) is 24.3. The van der Waals surface area contributed by atoms with Crippen LogP contribution in [-0.4, -0.2) is 29.2 Å². The minimum Gasteiger partial charge on any atom is -0.324 e. The van der Waals surface area contributed by atoms with Gasteiger partial charge in [0.05, 0.1) is 11.8 Å². The van der Waals surface area contributed by atoms with Crippen molar-refractivity contribution in [3.63, 3.8) is 0 Å². The topological polar surface area (TPSA) is 66.5 Å². The summed E-state index contributed by atoms with van der Waals surface area (Å²) in [4.78, 5) is 37.9. The van der Waals surface area contributed by atoms with Gasteiger partial charge in [-0.3, -0.25) is 19.3 Å². The Morgan fingerprint density at radius 1 is 1.18 bits per heavy atom. The average molecular weight is 365 g/mol. The van der Waals surface area contributed by atoms with Crippen LogP contribution in [0.5, 0.6) is 0 Å². The first-order valence-electron chi connectivity index (χ1n) is 7.47. The van der Waals surface area contributed by atoms with Gasteiger partial charge in [0.1, 0.15) is 6.54 Å². The van der Waals surface area contributed by atoms with Gasteiger partial charge in [0.2, 0.25) is 17.7 Å². The number of amides is 3. The lowest BCUT2D eigenvalue weighted by Gasteiger charge is -2.19. The van der Waals surface area contributed by atoms with Crippen LogP contribution < -0.4 is 5.32 Å². The van der Waals surface area contributed by atoms with Gasteiger partial charge in [0, 0.05) is 10.2 Å². The number of benzene rings is 1. The van der Waals surface area contributed by atoms with Crippen molar-refractivity contribution in [2.75, 3.05) is 11.9 Å². The average Bonchev–Trinajstić information content (AvgIpc) is 2.73. The molecule has 6 heteroatoms. The van der Waals surface area contributed by atoms with Crippen molar-refractivity contribution in [1.82, 2.24) is 4.90 Å². The zero-order valence-electron chi connectivity index (χ0n) is 12.0. The van der Waals surface area contributed by atoms with E-state index in [2.05, 4.69) is 21.2 Å². The number of hydrogen-bond donors (Lipinski definition) is 1. The fourth-order valence-electron chi connectivity index (χ4n) is 3.30. The van der Waals surface area contributed by atoms with Crippen LogP contribution in [0, 0.1) is 11.8 Å². The maximum Gasteiger partial charge on any atom is 0.244 e. The van der Waals surface area contributed by atoms with Gasteiger partial charge in [-0.2, -0.15) is 0 Å². The van der Waals surface area contributed by atoms with Crippen molar-refractivity contribution in [3.05, 3.63) is 28.7 Å². The molecule has 1 aromatic carbocycles. The van der Waals surface area contributed by atoms with Crippen LogP contribution in [0.2, 0.25) is 0 Å². The highest BCUT2D eigenvalue weighted by Gasteiger charge is 2.48. The highest BCUT2D eigenvalue weighted by atomic mass is 79.9. The Labute approximate surface area is 137 Å². The molecule has 1 saturated heterocycles. The summed E-state index contributed by atoms with van der Waals surface area (Å²) in [5.41, 5.74) is 0.635. The van der Waals surface area contributed by atoms with Crippen LogP contribution >= 0.6 is 15.9 Å². The predicted octanol–water partition coefficient (Wildman–Crippen LogP) is 2.56. The Morgan fingerprint density at radius 3 is 2.41 bits per heavy atom. The SMILES string of the molecule is O=C(CN1C(=O)C2CCCCC2C1=O)Nc1cccc(Br)c1. The first kappa shape index (κ1) is 15.2. The van der Waals surface area contributed by atoms with E-state index in [1.54, 1.807) is 18.2 Å². The van der Waals surface area contributed by atoms with Gasteiger partial charge < -0.3 is 5.32 Å². The van der Waals surface area contributed by atoms with Gasteiger partial charge in [0.15, 0.2) is 0 Å². The van der Waals surface area contributed by atoms with E-state index in [-0.39, 0.29) is 36.1 Å². The van der Waals surface area contributed by atoms with E-state index in [1.165, 1.54) is 0 Å². The molecule has 5 nitrogen and oxygen atoms in total. The largest absolute Gasteiger partial charge is 0.324 e. The molecule has 0 bridgehead atoms. The van der Waals surface area contributed by atoms with E-state index in [0.29, 0.717) is 5.69 Å². The fraction of sp³-hybridized carbons (Fsp3) is 0.438. The second-order valence-corrected chi connectivity index (χ2v) is 6.73. The number of halogens is 1. The van der Waals surface area contributed by atoms with Crippen molar-refractivity contribution in [1.29, 1.82) is 0 Å². The van der Waals surface area contributed by atoms with Gasteiger partial charge in [-0.05, 0) is 31.0 Å². The molecular formula is C16H17BrN2O3. The molecule has 3 amide bonds. The molecule has 1 aliphatic carbocycles. The van der Waals surface area contributed by atoms with Crippen molar-refractivity contribution < 1.29 is 14.4 Å². The van der Waals surface area contributed by atoms with Gasteiger partial charge in [-0.1, -0.05) is 34.8 Å². The van der Waals surface area contributed by atoms with Gasteiger partial charge in [-0.15, -0.1) is 0 Å². The first-order chi connectivity index (χ1) is 10.6. The number of carbonyl (C=O) groups excluding carboxylic acids is 3. The number of imide groups is 1. The molecule has 1 aromatic rings. The zero-order valence-corrected chi connectivity index (χ0v) is 13.6. The zero-order chi connectivity index (χ0) is 15.7. The number of nitrogens with one attached hydrogen (secondary N) is 1. The predicted molar refractivity (Wildman–Crippen MR) is 84.9 cm³/mol. The number of nitrogens with zero attached hydrogens (tertiary/aromatic N) is 1. The lowest BCUT2D eigenvalue weighted by atomic mass is 9.81. The van der Waals surface area contributed by atoms with E-state index >= 15 is 0 Å². The number of fused-ring (bicyclic) bond motifs is 1. The minimum absolute atomic E-state index is 0.181. The third-order valence-electron chi connectivity index (χ3n) is 4.34. The maximum absolute atomic E-state index is 12.3. The smallest absolute Gasteiger partial charge is 0.244 e. The minimum atomic E-state index is -0.349. The molecular weight excluding hydrogens is 348 g/mol. The molecule has 2 aliphatic rings. The number of carbonyl (C=O) groups is 3. The summed E-state index contributed by atoms with van der Waals surface area (Å²) < 4.78 is 0.852. The van der Waals surface area contributed by atoms with E-state index in [4.69, 9.17) is 0 Å². The third kappa shape index (κ3) is 2.92. The summed E-state index contributed by atoms with van der Waals surface area (Å²) in [6, 6.07) is 7.19. The summed E-state index contributed by atoms with van der Waals surface area (Å²) in [5.74, 6) is -1.13. The van der Waals surface area contributed by atoms with Crippen LogP contribution in [0.25, 0.3) is 0 Å². The lowest BCUT2D eigenvalue weighted by molar-refractivity contribution is -0.142. The van der Waals surface area contributed by atoms with Gasteiger partial charge in [0.25, 0.3) is 0 Å². The molecule has 2 fully saturated rings. The van der Waals surface area contributed by atoms with E-state index in [9.17, 15) is 14.4 Å². The Morgan fingerprint density at radius 2 is 1.82 bits per heavy atom. The second-order valence-electron chi connectivity index (χ2n) is 5.82. The molecule has 1 aliphatic heterocycles. The van der Waals surface area contributed by atoms with E-state index in [0.717, 1.165) is 35.1 Å². The van der Waals surface area contributed by atoms with Gasteiger partial charge >= 0.3 is 0 Å². The van der Waals surface area contributed by atoms with Crippen LogP contribution in [-0.2, 0) is 14.4 Å². The maximum atomic E-state index is 12.3. The molecule has 0 radical (unpaired) electrons. The van der Waals surface area contributed by atoms with Crippen LogP contribution in [0.4, 0.5) is 5.69 Å². The van der Waals surface area contributed by atoms with Crippen molar-refractivity contribution in [2.45, 2.75) is 25.7 Å². The molecule has 1 saturated carbocycles. The highest BCUT2D eigenvalue weighted by molar-refractivity contribution is 9.10. The Kier molecular flexibility index (Phi) is 4.29. The Bertz CT molecular complexity index is 608. The molecule has 1 heterocycles. The molecule has 0 spiro atoms. The van der Waals surface area contributed by atoms with Crippen molar-refractivity contribution in [2.24, 2.45) is 11.8 Å². The quantitative estimate of drug-likeness (QED) is 0.838. The molecule has 2 atom stereocenters. The number of hydrogen-bond acceptors (Lipinski definition) is 3. The number of likely N-dealkylation sites (tertiary alicyclic amines) is 1. The van der Waals surface area contributed by atoms with Crippen LogP contribution in [0.1, 0.15) is 25.7 Å². The summed E-state index contributed by atoms with van der Waals surface area (Å²) in [6.07, 6.45) is 3.49. The third-order valence-corrected chi connectivity index (χ3v) is 4.84. The monoisotopic (exact) mass is 364 g/mol. The standard InChI is InChI=1S/C16H17BrN2O3/c17-10-4-3-5-11(8-10)18-14(20)9-19-15(21)12-6-1-2-7-13(12)16(19)22/h3-5,8,12-13H,1-2,6-7,9H2,(H,18,20). The summed E-state index contributed by atoms with van der Waals surface area (Å²) >= 11 is 3.33. The van der Waals surface area contributed by atoms with Crippen LogP contribution in [0.3, 0.4) is 0 Å².